The Morgan fingerprint density at radius 3 is 2.84 bits per heavy atom. The number of rotatable bonds is 5. The van der Waals surface area contributed by atoms with Crippen molar-refractivity contribution in [3.63, 3.8) is 0 Å². The second-order valence-electron chi connectivity index (χ2n) is 4.25. The second-order valence-corrected chi connectivity index (χ2v) is 4.25. The van der Waals surface area contributed by atoms with E-state index in [1.165, 1.54) is 6.20 Å². The molecule has 0 amide bonds. The van der Waals surface area contributed by atoms with E-state index in [0.717, 1.165) is 11.5 Å². The van der Waals surface area contributed by atoms with Gasteiger partial charge in [-0.3, -0.25) is 4.98 Å². The number of aromatic carboxylic acids is 1. The van der Waals surface area contributed by atoms with Crippen LogP contribution < -0.4 is 5.32 Å². The highest BCUT2D eigenvalue weighted by Gasteiger charge is 2.11. The van der Waals surface area contributed by atoms with E-state index in [1.807, 2.05) is 18.5 Å². The Morgan fingerprint density at radius 2 is 2.32 bits per heavy atom. The first-order chi connectivity index (χ1) is 9.08. The number of carboxylic acid groups (broad SMARTS) is 1. The molecule has 7 nitrogen and oxygen atoms in total. The van der Waals surface area contributed by atoms with Gasteiger partial charge in [-0.2, -0.15) is 0 Å². The number of pyridine rings is 1. The van der Waals surface area contributed by atoms with Crippen molar-refractivity contribution in [3.05, 3.63) is 41.7 Å². The summed E-state index contributed by atoms with van der Waals surface area (Å²) in [5.74, 6) is -0.137. The minimum absolute atomic E-state index is 0.0356. The van der Waals surface area contributed by atoms with Crippen LogP contribution in [0.15, 0.2) is 24.7 Å². The monoisotopic (exact) mass is 261 g/mol. The Bertz CT molecular complexity index is 564. The molecule has 0 aliphatic carbocycles. The number of aryl methyl sites for hydroxylation is 1. The lowest BCUT2D eigenvalue weighted by atomic mass is 10.2. The third-order valence-electron chi connectivity index (χ3n) is 2.79. The zero-order valence-corrected chi connectivity index (χ0v) is 10.7. The van der Waals surface area contributed by atoms with Crippen LogP contribution in [0.4, 0.5) is 0 Å². The SMILES string of the molecule is CC(NCc1ccc(C(=O)O)cn1)c1nncn1C. The molecule has 19 heavy (non-hydrogen) atoms. The Kier molecular flexibility index (Phi) is 3.86. The lowest BCUT2D eigenvalue weighted by molar-refractivity contribution is 0.0696. The van der Waals surface area contributed by atoms with E-state index in [0.29, 0.717) is 6.54 Å². The lowest BCUT2D eigenvalue weighted by Gasteiger charge is -2.12. The number of carboxylic acids is 1. The number of carbonyl (C=O) groups is 1. The van der Waals surface area contributed by atoms with Gasteiger partial charge in [-0.15, -0.1) is 10.2 Å². The normalized spacial score (nSPS) is 12.3. The Morgan fingerprint density at radius 1 is 1.53 bits per heavy atom. The van der Waals surface area contributed by atoms with Crippen molar-refractivity contribution in [2.75, 3.05) is 0 Å². The lowest BCUT2D eigenvalue weighted by Crippen LogP contribution is -2.21. The van der Waals surface area contributed by atoms with Crippen molar-refractivity contribution in [1.29, 1.82) is 0 Å². The molecule has 1 unspecified atom stereocenters. The number of hydrogen-bond donors (Lipinski definition) is 2. The standard InChI is InChI=1S/C12H15N5O2/c1-8(11-16-15-7-17(11)2)13-6-10-4-3-9(5-14-10)12(18)19/h3-5,7-8,13H,6H2,1-2H3,(H,18,19). The van der Waals surface area contributed by atoms with Crippen LogP contribution in [0.2, 0.25) is 0 Å². The summed E-state index contributed by atoms with van der Waals surface area (Å²) in [6.45, 7) is 2.52. The molecule has 2 aromatic rings. The van der Waals surface area contributed by atoms with Gasteiger partial charge in [0, 0.05) is 19.8 Å². The summed E-state index contributed by atoms with van der Waals surface area (Å²) in [5, 5.41) is 19.9. The van der Waals surface area contributed by atoms with Crippen LogP contribution in [0.25, 0.3) is 0 Å². The van der Waals surface area contributed by atoms with Gasteiger partial charge in [0.25, 0.3) is 0 Å². The van der Waals surface area contributed by atoms with Gasteiger partial charge in [-0.25, -0.2) is 4.79 Å². The van der Waals surface area contributed by atoms with Crippen LogP contribution in [0.3, 0.4) is 0 Å². The van der Waals surface area contributed by atoms with Crippen molar-refractivity contribution in [1.82, 2.24) is 25.1 Å². The molecule has 0 radical (unpaired) electrons. The van der Waals surface area contributed by atoms with E-state index < -0.39 is 5.97 Å². The molecule has 2 aromatic heterocycles. The van der Waals surface area contributed by atoms with Crippen LogP contribution in [-0.4, -0.2) is 30.8 Å². The van der Waals surface area contributed by atoms with Gasteiger partial charge in [0.1, 0.15) is 12.2 Å². The predicted octanol–water partition coefficient (Wildman–Crippen LogP) is 0.759. The summed E-state index contributed by atoms with van der Waals surface area (Å²) in [7, 11) is 1.88. The summed E-state index contributed by atoms with van der Waals surface area (Å²) < 4.78 is 1.85. The van der Waals surface area contributed by atoms with Crippen LogP contribution in [0.5, 0.6) is 0 Å². The molecular weight excluding hydrogens is 246 g/mol. The van der Waals surface area contributed by atoms with Crippen molar-refractivity contribution in [2.45, 2.75) is 19.5 Å². The third kappa shape index (κ3) is 3.14. The maximum absolute atomic E-state index is 10.7. The molecule has 2 heterocycles. The quantitative estimate of drug-likeness (QED) is 0.825. The summed E-state index contributed by atoms with van der Waals surface area (Å²) in [6.07, 6.45) is 3.00. The molecule has 100 valence electrons. The zero-order chi connectivity index (χ0) is 13.8. The van der Waals surface area contributed by atoms with E-state index in [1.54, 1.807) is 18.5 Å². The first-order valence-electron chi connectivity index (χ1n) is 5.83. The van der Waals surface area contributed by atoms with Crippen molar-refractivity contribution in [2.24, 2.45) is 7.05 Å². The molecule has 2 rings (SSSR count). The second kappa shape index (κ2) is 5.57. The Hall–Kier alpha value is -2.28. The molecule has 0 aromatic carbocycles. The number of nitrogens with zero attached hydrogens (tertiary/aromatic N) is 4. The van der Waals surface area contributed by atoms with Gasteiger partial charge < -0.3 is 15.0 Å². The van der Waals surface area contributed by atoms with Gasteiger partial charge in [-0.05, 0) is 19.1 Å². The van der Waals surface area contributed by atoms with Gasteiger partial charge >= 0.3 is 5.97 Å². The molecule has 0 bridgehead atoms. The molecule has 0 saturated carbocycles. The predicted molar refractivity (Wildman–Crippen MR) is 67.5 cm³/mol. The number of hydrogen-bond acceptors (Lipinski definition) is 5. The Balaban J connectivity index is 1.95. The van der Waals surface area contributed by atoms with Gasteiger partial charge in [0.2, 0.25) is 0 Å². The number of aromatic nitrogens is 4. The maximum Gasteiger partial charge on any atom is 0.337 e. The van der Waals surface area contributed by atoms with Gasteiger partial charge in [-0.1, -0.05) is 0 Å². The van der Waals surface area contributed by atoms with E-state index in [2.05, 4.69) is 20.5 Å². The average Bonchev–Trinajstić information content (AvgIpc) is 2.83. The summed E-state index contributed by atoms with van der Waals surface area (Å²) in [6, 6.07) is 3.27. The Labute approximate surface area is 110 Å². The van der Waals surface area contributed by atoms with Gasteiger partial charge in [0.05, 0.1) is 17.3 Å². The first-order valence-corrected chi connectivity index (χ1v) is 5.83. The highest BCUT2D eigenvalue weighted by molar-refractivity contribution is 5.87. The fraction of sp³-hybridized carbons (Fsp3) is 0.333. The number of nitrogens with one attached hydrogen (secondary N) is 1. The molecule has 0 fully saturated rings. The van der Waals surface area contributed by atoms with Crippen LogP contribution in [0, 0.1) is 0 Å². The fourth-order valence-corrected chi connectivity index (χ4v) is 1.69. The first kappa shape index (κ1) is 13.2. The molecular formula is C12H15N5O2. The molecule has 1 atom stereocenters. The van der Waals surface area contributed by atoms with E-state index in [-0.39, 0.29) is 11.6 Å². The molecule has 7 heteroatoms. The van der Waals surface area contributed by atoms with Crippen molar-refractivity contribution < 1.29 is 9.90 Å². The zero-order valence-electron chi connectivity index (χ0n) is 10.7. The largest absolute Gasteiger partial charge is 0.478 e. The minimum atomic E-state index is -0.973. The summed E-state index contributed by atoms with van der Waals surface area (Å²) in [5.41, 5.74) is 0.962. The maximum atomic E-state index is 10.7. The summed E-state index contributed by atoms with van der Waals surface area (Å²) >= 11 is 0. The van der Waals surface area contributed by atoms with E-state index >= 15 is 0 Å². The average molecular weight is 261 g/mol. The molecule has 0 aliphatic rings. The van der Waals surface area contributed by atoms with Crippen LogP contribution >= 0.6 is 0 Å². The van der Waals surface area contributed by atoms with Crippen molar-refractivity contribution in [3.8, 4) is 0 Å². The van der Waals surface area contributed by atoms with Gasteiger partial charge in [0.15, 0.2) is 0 Å². The van der Waals surface area contributed by atoms with E-state index in [9.17, 15) is 4.79 Å². The van der Waals surface area contributed by atoms with Crippen LogP contribution in [0.1, 0.15) is 34.8 Å². The highest BCUT2D eigenvalue weighted by atomic mass is 16.4. The van der Waals surface area contributed by atoms with Crippen molar-refractivity contribution >= 4 is 5.97 Å². The smallest absolute Gasteiger partial charge is 0.337 e. The third-order valence-corrected chi connectivity index (χ3v) is 2.79. The topological polar surface area (TPSA) is 92.9 Å². The molecule has 0 aliphatic heterocycles. The van der Waals surface area contributed by atoms with E-state index in [4.69, 9.17) is 5.11 Å². The van der Waals surface area contributed by atoms with Crippen LogP contribution in [-0.2, 0) is 13.6 Å². The molecule has 0 spiro atoms. The fourth-order valence-electron chi connectivity index (χ4n) is 1.69. The molecule has 0 saturated heterocycles. The highest BCUT2D eigenvalue weighted by Crippen LogP contribution is 2.08. The minimum Gasteiger partial charge on any atom is -0.478 e. The summed E-state index contributed by atoms with van der Waals surface area (Å²) in [4.78, 5) is 14.8. The molecule has 2 N–H and O–H groups in total.